The molecule has 0 radical (unpaired) electrons. The first-order chi connectivity index (χ1) is 9.67. The standard InChI is InChI=1S/C14H15BrFN3O/c1-2-3-17-7-12-8-19-14(9-18-12)20-13-5-10(15)4-11(16)6-13/h4-6,8-9,17H,2-3,7H2,1H3. The van der Waals surface area contributed by atoms with Gasteiger partial charge in [0.15, 0.2) is 0 Å². The first-order valence-corrected chi connectivity index (χ1v) is 7.12. The summed E-state index contributed by atoms with van der Waals surface area (Å²) >= 11 is 3.21. The smallest absolute Gasteiger partial charge is 0.237 e. The Morgan fingerprint density at radius 3 is 2.75 bits per heavy atom. The predicted molar refractivity (Wildman–Crippen MR) is 78.2 cm³/mol. The van der Waals surface area contributed by atoms with E-state index >= 15 is 0 Å². The van der Waals surface area contributed by atoms with E-state index in [0.717, 1.165) is 18.7 Å². The summed E-state index contributed by atoms with van der Waals surface area (Å²) in [5.41, 5.74) is 0.839. The minimum atomic E-state index is -0.372. The maximum atomic E-state index is 13.2. The molecule has 1 aromatic heterocycles. The molecule has 0 unspecified atom stereocenters. The summed E-state index contributed by atoms with van der Waals surface area (Å²) in [4.78, 5) is 8.39. The molecule has 0 aliphatic heterocycles. The van der Waals surface area contributed by atoms with Gasteiger partial charge in [0.1, 0.15) is 11.6 Å². The maximum absolute atomic E-state index is 13.2. The summed E-state index contributed by atoms with van der Waals surface area (Å²) < 4.78 is 19.3. The highest BCUT2D eigenvalue weighted by atomic mass is 79.9. The summed E-state index contributed by atoms with van der Waals surface area (Å²) in [5, 5.41) is 3.24. The molecule has 106 valence electrons. The Labute approximate surface area is 125 Å². The molecular weight excluding hydrogens is 325 g/mol. The highest BCUT2D eigenvalue weighted by Crippen LogP contribution is 2.24. The molecule has 0 amide bonds. The van der Waals surface area contributed by atoms with Crippen molar-refractivity contribution in [2.45, 2.75) is 19.9 Å². The highest BCUT2D eigenvalue weighted by molar-refractivity contribution is 9.10. The number of ether oxygens (including phenoxy) is 1. The largest absolute Gasteiger partial charge is 0.437 e. The SMILES string of the molecule is CCCNCc1cnc(Oc2cc(F)cc(Br)c2)cn1. The van der Waals surface area contributed by atoms with Gasteiger partial charge in [-0.15, -0.1) is 0 Å². The van der Waals surface area contributed by atoms with Gasteiger partial charge in [-0.3, -0.25) is 4.98 Å². The van der Waals surface area contributed by atoms with E-state index in [1.807, 2.05) is 0 Å². The molecule has 0 aliphatic carbocycles. The zero-order valence-corrected chi connectivity index (χ0v) is 12.7. The van der Waals surface area contributed by atoms with Crippen molar-refractivity contribution in [3.8, 4) is 11.6 Å². The number of aromatic nitrogens is 2. The van der Waals surface area contributed by atoms with Crippen LogP contribution in [0.2, 0.25) is 0 Å². The van der Waals surface area contributed by atoms with E-state index < -0.39 is 0 Å². The fourth-order valence-electron chi connectivity index (χ4n) is 1.59. The van der Waals surface area contributed by atoms with Crippen LogP contribution in [0.4, 0.5) is 4.39 Å². The Morgan fingerprint density at radius 2 is 2.10 bits per heavy atom. The van der Waals surface area contributed by atoms with Gasteiger partial charge in [-0.2, -0.15) is 0 Å². The first-order valence-electron chi connectivity index (χ1n) is 6.33. The fraction of sp³-hybridized carbons (Fsp3) is 0.286. The lowest BCUT2D eigenvalue weighted by atomic mass is 10.3. The third kappa shape index (κ3) is 4.54. The van der Waals surface area contributed by atoms with Gasteiger partial charge in [-0.1, -0.05) is 22.9 Å². The van der Waals surface area contributed by atoms with Crippen molar-refractivity contribution in [3.63, 3.8) is 0 Å². The first kappa shape index (κ1) is 14.9. The van der Waals surface area contributed by atoms with Crippen molar-refractivity contribution in [3.05, 3.63) is 46.6 Å². The van der Waals surface area contributed by atoms with E-state index in [4.69, 9.17) is 4.74 Å². The Bertz CT molecular complexity index is 543. The summed E-state index contributed by atoms with van der Waals surface area (Å²) in [6, 6.07) is 4.33. The van der Waals surface area contributed by atoms with E-state index in [1.165, 1.54) is 18.3 Å². The van der Waals surface area contributed by atoms with E-state index in [2.05, 4.69) is 38.1 Å². The van der Waals surface area contributed by atoms with Crippen LogP contribution in [0.15, 0.2) is 35.1 Å². The van der Waals surface area contributed by atoms with Crippen LogP contribution in [0.5, 0.6) is 11.6 Å². The summed E-state index contributed by atoms with van der Waals surface area (Å²) in [6.45, 7) is 3.72. The molecule has 2 rings (SSSR count). The molecule has 1 N–H and O–H groups in total. The third-order valence-electron chi connectivity index (χ3n) is 2.47. The van der Waals surface area contributed by atoms with Crippen LogP contribution in [0.3, 0.4) is 0 Å². The number of hydrogen-bond acceptors (Lipinski definition) is 4. The van der Waals surface area contributed by atoms with E-state index in [0.29, 0.717) is 22.6 Å². The molecule has 0 saturated carbocycles. The average Bonchev–Trinajstić information content (AvgIpc) is 2.40. The lowest BCUT2D eigenvalue weighted by Crippen LogP contribution is -2.14. The molecule has 4 nitrogen and oxygen atoms in total. The van der Waals surface area contributed by atoms with Crippen molar-refractivity contribution < 1.29 is 9.13 Å². The van der Waals surface area contributed by atoms with Crippen molar-refractivity contribution in [1.82, 2.24) is 15.3 Å². The Kier molecular flexibility index (Phi) is 5.43. The number of halogens is 2. The predicted octanol–water partition coefficient (Wildman–Crippen LogP) is 3.67. The lowest BCUT2D eigenvalue weighted by molar-refractivity contribution is 0.453. The zero-order valence-electron chi connectivity index (χ0n) is 11.1. The zero-order chi connectivity index (χ0) is 14.4. The molecule has 20 heavy (non-hydrogen) atoms. The second kappa shape index (κ2) is 7.31. The van der Waals surface area contributed by atoms with Crippen molar-refractivity contribution in [2.75, 3.05) is 6.54 Å². The van der Waals surface area contributed by atoms with Crippen LogP contribution in [0.25, 0.3) is 0 Å². The molecule has 0 bridgehead atoms. The maximum Gasteiger partial charge on any atom is 0.237 e. The van der Waals surface area contributed by atoms with Gasteiger partial charge >= 0.3 is 0 Å². The minimum absolute atomic E-state index is 0.335. The number of benzene rings is 1. The van der Waals surface area contributed by atoms with Crippen molar-refractivity contribution >= 4 is 15.9 Å². The minimum Gasteiger partial charge on any atom is -0.437 e. The van der Waals surface area contributed by atoms with Crippen LogP contribution in [0, 0.1) is 5.82 Å². The summed E-state index contributed by atoms with van der Waals surface area (Å²) in [6.07, 6.45) is 4.25. The van der Waals surface area contributed by atoms with Crippen LogP contribution in [0.1, 0.15) is 19.0 Å². The van der Waals surface area contributed by atoms with Crippen LogP contribution < -0.4 is 10.1 Å². The quantitative estimate of drug-likeness (QED) is 0.815. The van der Waals surface area contributed by atoms with Crippen molar-refractivity contribution in [2.24, 2.45) is 0 Å². The molecule has 0 atom stereocenters. The van der Waals surface area contributed by atoms with Gasteiger partial charge in [0, 0.05) is 17.1 Å². The average molecular weight is 340 g/mol. The topological polar surface area (TPSA) is 47.0 Å². The van der Waals surface area contributed by atoms with E-state index in [-0.39, 0.29) is 5.82 Å². The van der Waals surface area contributed by atoms with Gasteiger partial charge in [0.05, 0.1) is 18.1 Å². The summed E-state index contributed by atoms with van der Waals surface area (Å²) in [5.74, 6) is 0.340. The van der Waals surface area contributed by atoms with Gasteiger partial charge in [-0.05, 0) is 25.1 Å². The Morgan fingerprint density at radius 1 is 1.25 bits per heavy atom. The molecule has 6 heteroatoms. The number of nitrogens with one attached hydrogen (secondary N) is 1. The molecule has 0 spiro atoms. The fourth-order valence-corrected chi connectivity index (χ4v) is 2.03. The lowest BCUT2D eigenvalue weighted by Gasteiger charge is -2.06. The van der Waals surface area contributed by atoms with Gasteiger partial charge < -0.3 is 10.1 Å². The normalized spacial score (nSPS) is 10.6. The second-order valence-electron chi connectivity index (χ2n) is 4.23. The second-order valence-corrected chi connectivity index (χ2v) is 5.15. The molecule has 1 aromatic carbocycles. The van der Waals surface area contributed by atoms with Crippen LogP contribution >= 0.6 is 15.9 Å². The number of hydrogen-bond donors (Lipinski definition) is 1. The third-order valence-corrected chi connectivity index (χ3v) is 2.93. The number of rotatable bonds is 6. The molecule has 0 fully saturated rings. The highest BCUT2D eigenvalue weighted by Gasteiger charge is 2.03. The van der Waals surface area contributed by atoms with Gasteiger partial charge in [0.2, 0.25) is 5.88 Å². The summed E-state index contributed by atoms with van der Waals surface area (Å²) in [7, 11) is 0. The monoisotopic (exact) mass is 339 g/mol. The molecule has 0 aliphatic rings. The Balaban J connectivity index is 1.99. The van der Waals surface area contributed by atoms with E-state index in [9.17, 15) is 4.39 Å². The van der Waals surface area contributed by atoms with Gasteiger partial charge in [0.25, 0.3) is 0 Å². The van der Waals surface area contributed by atoms with Crippen LogP contribution in [-0.4, -0.2) is 16.5 Å². The molecule has 1 heterocycles. The van der Waals surface area contributed by atoms with Crippen molar-refractivity contribution in [1.29, 1.82) is 0 Å². The molecule has 2 aromatic rings. The number of nitrogens with zero attached hydrogens (tertiary/aromatic N) is 2. The van der Waals surface area contributed by atoms with Crippen LogP contribution in [-0.2, 0) is 6.54 Å². The molecular formula is C14H15BrFN3O. The molecule has 0 saturated heterocycles. The van der Waals surface area contributed by atoms with E-state index in [1.54, 1.807) is 12.3 Å². The Hall–Kier alpha value is -1.53. The van der Waals surface area contributed by atoms with Gasteiger partial charge in [-0.25, -0.2) is 9.37 Å².